The van der Waals surface area contributed by atoms with Crippen molar-refractivity contribution in [1.82, 2.24) is 24.6 Å². The first-order chi connectivity index (χ1) is 17.5. The number of methoxy groups -OCH3 is 1. The van der Waals surface area contributed by atoms with Crippen LogP contribution in [0, 0.1) is 5.82 Å². The van der Waals surface area contributed by atoms with Gasteiger partial charge in [0.05, 0.1) is 7.11 Å². The Kier molecular flexibility index (Phi) is 5.31. The number of fused-ring (bicyclic) bond motifs is 2. The highest BCUT2D eigenvalue weighted by Gasteiger charge is 2.29. The number of halogens is 1. The van der Waals surface area contributed by atoms with Crippen molar-refractivity contribution in [3.05, 3.63) is 72.3 Å². The second kappa shape index (κ2) is 8.54. The van der Waals surface area contributed by atoms with Crippen molar-refractivity contribution in [3.63, 3.8) is 0 Å². The number of aromatic amines is 1. The van der Waals surface area contributed by atoms with E-state index in [1.807, 2.05) is 18.2 Å². The molecule has 0 saturated carbocycles. The molecule has 0 fully saturated rings. The number of nitrogens with one attached hydrogen (secondary N) is 1. The van der Waals surface area contributed by atoms with Gasteiger partial charge in [-0.3, -0.25) is 0 Å². The highest BCUT2D eigenvalue weighted by atomic mass is 32.2. The van der Waals surface area contributed by atoms with Crippen molar-refractivity contribution in [2.45, 2.75) is 11.3 Å². The van der Waals surface area contributed by atoms with Gasteiger partial charge in [0.25, 0.3) is 0 Å². The molecule has 3 aromatic heterocycles. The maximum Gasteiger partial charge on any atom is 0.245 e. The standard InChI is InChI=1S/C25H20FN5O4S/c1-34-22-6-5-16(26)13-18(22)17-7-10-27-25-19(17)14-21(28-25)15-8-11-31(12-9-15)36(32,33)23-4-2-3-20-24(23)30-35-29-20/h2-8,10,13-14H,9,11-12H2,1H3,(H,27,28). The third-order valence-corrected chi connectivity index (χ3v) is 8.26. The molecule has 1 N–H and O–H groups in total. The smallest absolute Gasteiger partial charge is 0.245 e. The third kappa shape index (κ3) is 3.64. The molecule has 9 nitrogen and oxygen atoms in total. The summed E-state index contributed by atoms with van der Waals surface area (Å²) in [7, 11) is -2.24. The van der Waals surface area contributed by atoms with E-state index in [4.69, 9.17) is 9.37 Å². The van der Waals surface area contributed by atoms with Gasteiger partial charge in [-0.1, -0.05) is 12.1 Å². The number of pyridine rings is 1. The molecule has 4 heterocycles. The average Bonchev–Trinajstić information content (AvgIpc) is 3.55. The summed E-state index contributed by atoms with van der Waals surface area (Å²) in [5.74, 6) is 0.196. The Morgan fingerprint density at radius 1 is 1.11 bits per heavy atom. The molecular formula is C25H20FN5O4S. The Labute approximate surface area is 205 Å². The van der Waals surface area contributed by atoms with E-state index in [9.17, 15) is 12.8 Å². The van der Waals surface area contributed by atoms with Crippen LogP contribution in [0.4, 0.5) is 4.39 Å². The zero-order valence-electron chi connectivity index (χ0n) is 19.1. The van der Waals surface area contributed by atoms with Crippen LogP contribution in [0.5, 0.6) is 5.75 Å². The first kappa shape index (κ1) is 22.4. The topological polar surface area (TPSA) is 114 Å². The summed E-state index contributed by atoms with van der Waals surface area (Å²) < 4.78 is 52.2. The minimum absolute atomic E-state index is 0.0709. The highest BCUT2D eigenvalue weighted by Crippen LogP contribution is 2.37. The van der Waals surface area contributed by atoms with E-state index >= 15 is 0 Å². The van der Waals surface area contributed by atoms with Crippen LogP contribution in [-0.4, -0.2) is 53.2 Å². The first-order valence-corrected chi connectivity index (χ1v) is 12.6. The van der Waals surface area contributed by atoms with Crippen molar-refractivity contribution in [3.8, 4) is 16.9 Å². The molecule has 0 unspecified atom stereocenters. The summed E-state index contributed by atoms with van der Waals surface area (Å²) >= 11 is 0. The van der Waals surface area contributed by atoms with Gasteiger partial charge in [0.2, 0.25) is 10.0 Å². The van der Waals surface area contributed by atoms with Gasteiger partial charge in [0.15, 0.2) is 5.52 Å². The molecule has 11 heteroatoms. The molecule has 0 spiro atoms. The second-order valence-electron chi connectivity index (χ2n) is 8.38. The average molecular weight is 506 g/mol. The van der Waals surface area contributed by atoms with Crippen molar-refractivity contribution in [1.29, 1.82) is 0 Å². The largest absolute Gasteiger partial charge is 0.496 e. The molecule has 6 rings (SSSR count). The molecule has 0 bridgehead atoms. The van der Waals surface area contributed by atoms with Gasteiger partial charge in [-0.25, -0.2) is 22.4 Å². The number of sulfonamides is 1. The van der Waals surface area contributed by atoms with Gasteiger partial charge in [0.1, 0.15) is 27.6 Å². The number of rotatable bonds is 5. The molecule has 0 saturated heterocycles. The number of hydrogen-bond acceptors (Lipinski definition) is 7. The summed E-state index contributed by atoms with van der Waals surface area (Å²) in [6.45, 7) is 0.496. The lowest BCUT2D eigenvalue weighted by Gasteiger charge is -2.25. The van der Waals surface area contributed by atoms with Crippen molar-refractivity contribution < 1.29 is 22.2 Å². The fourth-order valence-corrected chi connectivity index (χ4v) is 6.08. The molecule has 0 amide bonds. The van der Waals surface area contributed by atoms with Gasteiger partial charge in [-0.05, 0) is 70.3 Å². The van der Waals surface area contributed by atoms with Crippen molar-refractivity contribution >= 4 is 37.7 Å². The Morgan fingerprint density at radius 3 is 2.81 bits per heavy atom. The van der Waals surface area contributed by atoms with Gasteiger partial charge in [-0.15, -0.1) is 0 Å². The fraction of sp³-hybridized carbons (Fsp3) is 0.160. The van der Waals surface area contributed by atoms with Crippen molar-refractivity contribution in [2.24, 2.45) is 0 Å². The number of nitrogens with zero attached hydrogens (tertiary/aromatic N) is 4. The number of ether oxygens (including phenoxy) is 1. The summed E-state index contributed by atoms with van der Waals surface area (Å²) in [6, 6.07) is 12.9. The number of H-pyrrole nitrogens is 1. The van der Waals surface area contributed by atoms with Crippen LogP contribution in [0.25, 0.3) is 38.8 Å². The summed E-state index contributed by atoms with van der Waals surface area (Å²) in [4.78, 5) is 7.82. The SMILES string of the molecule is COc1ccc(F)cc1-c1ccnc2[nH]c(C3=CCN(S(=O)(=O)c4cccc5nonc45)CC3)cc12. The van der Waals surface area contributed by atoms with Crippen LogP contribution in [0.15, 0.2) is 70.3 Å². The van der Waals surface area contributed by atoms with E-state index in [0.29, 0.717) is 35.4 Å². The lowest BCUT2D eigenvalue weighted by atomic mass is 10.0. The van der Waals surface area contributed by atoms with E-state index in [1.54, 1.807) is 31.5 Å². The number of hydrogen-bond donors (Lipinski definition) is 1. The molecule has 0 aliphatic carbocycles. The molecule has 182 valence electrons. The Morgan fingerprint density at radius 2 is 2.00 bits per heavy atom. The van der Waals surface area contributed by atoms with Crippen LogP contribution < -0.4 is 4.74 Å². The molecule has 1 aliphatic heterocycles. The predicted octanol–water partition coefficient (Wildman–Crippen LogP) is 4.39. The van der Waals surface area contributed by atoms with Gasteiger partial charge in [0, 0.05) is 35.9 Å². The van der Waals surface area contributed by atoms with E-state index in [-0.39, 0.29) is 22.8 Å². The normalized spacial score (nSPS) is 14.9. The third-order valence-electron chi connectivity index (χ3n) is 6.37. The van der Waals surface area contributed by atoms with Crippen LogP contribution >= 0.6 is 0 Å². The van der Waals surface area contributed by atoms with Crippen molar-refractivity contribution in [2.75, 3.05) is 20.2 Å². The number of benzene rings is 2. The summed E-state index contributed by atoms with van der Waals surface area (Å²) in [5, 5.41) is 8.32. The Balaban J connectivity index is 1.33. The molecule has 36 heavy (non-hydrogen) atoms. The van der Waals surface area contributed by atoms with Gasteiger partial charge < -0.3 is 9.72 Å². The fourth-order valence-electron chi connectivity index (χ4n) is 4.57. The highest BCUT2D eigenvalue weighted by molar-refractivity contribution is 7.89. The molecule has 0 atom stereocenters. The predicted molar refractivity (Wildman–Crippen MR) is 131 cm³/mol. The molecular weight excluding hydrogens is 485 g/mol. The monoisotopic (exact) mass is 505 g/mol. The molecule has 1 aliphatic rings. The first-order valence-electron chi connectivity index (χ1n) is 11.2. The maximum absolute atomic E-state index is 14.0. The zero-order chi connectivity index (χ0) is 24.9. The number of aromatic nitrogens is 4. The van der Waals surface area contributed by atoms with E-state index in [1.165, 1.54) is 22.5 Å². The molecule has 2 aromatic carbocycles. The van der Waals surface area contributed by atoms with E-state index in [2.05, 4.69) is 20.3 Å². The minimum atomic E-state index is -3.79. The van der Waals surface area contributed by atoms with Crippen LogP contribution in [0.3, 0.4) is 0 Å². The zero-order valence-corrected chi connectivity index (χ0v) is 19.9. The molecule has 0 radical (unpaired) electrons. The van der Waals surface area contributed by atoms with Crippen LogP contribution in [0.1, 0.15) is 12.1 Å². The lowest BCUT2D eigenvalue weighted by molar-refractivity contribution is 0.315. The lowest BCUT2D eigenvalue weighted by Crippen LogP contribution is -2.34. The second-order valence-corrected chi connectivity index (χ2v) is 10.3. The van der Waals surface area contributed by atoms with Gasteiger partial charge >= 0.3 is 0 Å². The minimum Gasteiger partial charge on any atom is -0.496 e. The Bertz CT molecular complexity index is 1760. The summed E-state index contributed by atoms with van der Waals surface area (Å²) in [6.07, 6.45) is 4.04. The Hall–Kier alpha value is -4.09. The van der Waals surface area contributed by atoms with Crippen LogP contribution in [0.2, 0.25) is 0 Å². The van der Waals surface area contributed by atoms with E-state index < -0.39 is 10.0 Å². The molecule has 5 aromatic rings. The maximum atomic E-state index is 14.0. The quantitative estimate of drug-likeness (QED) is 0.377. The van der Waals surface area contributed by atoms with E-state index in [0.717, 1.165) is 22.2 Å². The van der Waals surface area contributed by atoms with Crippen LogP contribution in [-0.2, 0) is 10.0 Å². The van der Waals surface area contributed by atoms with Gasteiger partial charge in [-0.2, -0.15) is 4.31 Å². The summed E-state index contributed by atoms with van der Waals surface area (Å²) in [5.41, 5.74) is 4.47.